The minimum absolute atomic E-state index is 0.416. The summed E-state index contributed by atoms with van der Waals surface area (Å²) in [5.74, 6) is 0.712. The summed E-state index contributed by atoms with van der Waals surface area (Å²) in [5, 5.41) is 12.2. The molecule has 1 fully saturated rings. The lowest BCUT2D eigenvalue weighted by Crippen LogP contribution is -2.29. The lowest BCUT2D eigenvalue weighted by atomic mass is 10.3. The fourth-order valence-corrected chi connectivity index (χ4v) is 1.70. The molecule has 1 N–H and O–H groups in total. The average Bonchev–Trinajstić information content (AvgIpc) is 2.57. The Bertz CT molecular complexity index is 362. The van der Waals surface area contributed by atoms with Crippen LogP contribution in [0.25, 0.3) is 0 Å². The molecule has 15 heavy (non-hydrogen) atoms. The van der Waals surface area contributed by atoms with Crippen LogP contribution in [0.1, 0.15) is 12.1 Å². The highest BCUT2D eigenvalue weighted by atomic mass is 15.2. The SMILES string of the molecule is N#Cc1nccnc1N1CCCNCC1. The first-order valence-electron chi connectivity index (χ1n) is 5.08. The second-order valence-electron chi connectivity index (χ2n) is 3.43. The molecule has 0 bridgehead atoms. The van der Waals surface area contributed by atoms with Crippen molar-refractivity contribution in [2.24, 2.45) is 0 Å². The van der Waals surface area contributed by atoms with Crippen molar-refractivity contribution in [2.75, 3.05) is 31.1 Å². The van der Waals surface area contributed by atoms with Crippen molar-refractivity contribution in [3.8, 4) is 6.07 Å². The van der Waals surface area contributed by atoms with E-state index in [1.54, 1.807) is 12.4 Å². The highest BCUT2D eigenvalue weighted by Crippen LogP contribution is 2.14. The third kappa shape index (κ3) is 2.22. The molecule has 0 radical (unpaired) electrons. The van der Waals surface area contributed by atoms with Crippen LogP contribution in [-0.4, -0.2) is 36.1 Å². The van der Waals surface area contributed by atoms with Crippen molar-refractivity contribution in [1.82, 2.24) is 15.3 Å². The molecule has 1 saturated heterocycles. The van der Waals surface area contributed by atoms with E-state index < -0.39 is 0 Å². The van der Waals surface area contributed by atoms with Crippen molar-refractivity contribution in [2.45, 2.75) is 6.42 Å². The molecule has 1 aromatic heterocycles. The Balaban J connectivity index is 2.23. The standard InChI is InChI=1S/C10H13N5/c11-8-9-10(14-4-3-13-9)15-6-1-2-12-5-7-15/h3-4,12H,1-2,5-7H2. The minimum atomic E-state index is 0.416. The maximum absolute atomic E-state index is 8.92. The number of nitriles is 1. The summed E-state index contributed by atoms with van der Waals surface area (Å²) in [6.07, 6.45) is 4.26. The fraction of sp³-hybridized carbons (Fsp3) is 0.500. The average molecular weight is 203 g/mol. The molecule has 0 atom stereocenters. The van der Waals surface area contributed by atoms with Gasteiger partial charge in [-0.2, -0.15) is 5.26 Å². The van der Waals surface area contributed by atoms with Crippen molar-refractivity contribution in [1.29, 1.82) is 5.26 Å². The van der Waals surface area contributed by atoms with Gasteiger partial charge in [0.25, 0.3) is 0 Å². The second-order valence-corrected chi connectivity index (χ2v) is 3.43. The molecular formula is C10H13N5. The van der Waals surface area contributed by atoms with Crippen LogP contribution < -0.4 is 10.2 Å². The monoisotopic (exact) mass is 203 g/mol. The van der Waals surface area contributed by atoms with E-state index >= 15 is 0 Å². The number of rotatable bonds is 1. The van der Waals surface area contributed by atoms with E-state index in [9.17, 15) is 0 Å². The molecule has 0 aromatic carbocycles. The van der Waals surface area contributed by atoms with Crippen molar-refractivity contribution < 1.29 is 0 Å². The van der Waals surface area contributed by atoms with E-state index in [1.165, 1.54) is 0 Å². The minimum Gasteiger partial charge on any atom is -0.353 e. The summed E-state index contributed by atoms with van der Waals surface area (Å²) in [6, 6.07) is 2.08. The second kappa shape index (κ2) is 4.71. The van der Waals surface area contributed by atoms with Crippen LogP contribution in [0.4, 0.5) is 5.82 Å². The predicted molar refractivity (Wildman–Crippen MR) is 56.4 cm³/mol. The Hall–Kier alpha value is -1.67. The number of anilines is 1. The lowest BCUT2D eigenvalue weighted by Gasteiger charge is -2.20. The van der Waals surface area contributed by atoms with Gasteiger partial charge in [-0.15, -0.1) is 0 Å². The van der Waals surface area contributed by atoms with Crippen LogP contribution in [0.2, 0.25) is 0 Å². The first-order chi connectivity index (χ1) is 7.42. The summed E-state index contributed by atoms with van der Waals surface area (Å²) in [7, 11) is 0. The smallest absolute Gasteiger partial charge is 0.183 e. The quantitative estimate of drug-likeness (QED) is 0.703. The molecule has 0 amide bonds. The zero-order valence-electron chi connectivity index (χ0n) is 8.48. The highest BCUT2D eigenvalue weighted by molar-refractivity contribution is 5.49. The first-order valence-corrected chi connectivity index (χ1v) is 5.08. The number of hydrogen-bond donors (Lipinski definition) is 1. The number of hydrogen-bond acceptors (Lipinski definition) is 5. The van der Waals surface area contributed by atoms with Gasteiger partial charge in [-0.1, -0.05) is 0 Å². The summed E-state index contributed by atoms with van der Waals surface area (Å²) >= 11 is 0. The highest BCUT2D eigenvalue weighted by Gasteiger charge is 2.14. The van der Waals surface area contributed by atoms with Gasteiger partial charge in [-0.25, -0.2) is 9.97 Å². The number of aromatic nitrogens is 2. The maximum Gasteiger partial charge on any atom is 0.183 e. The van der Waals surface area contributed by atoms with Crippen LogP contribution in [0.5, 0.6) is 0 Å². The molecular weight excluding hydrogens is 190 g/mol. The largest absolute Gasteiger partial charge is 0.353 e. The van der Waals surface area contributed by atoms with Gasteiger partial charge in [0.2, 0.25) is 0 Å². The Morgan fingerprint density at radius 1 is 1.27 bits per heavy atom. The molecule has 0 saturated carbocycles. The molecule has 1 aliphatic rings. The summed E-state index contributed by atoms with van der Waals surface area (Å²) in [6.45, 7) is 3.77. The van der Waals surface area contributed by atoms with Crippen LogP contribution in [-0.2, 0) is 0 Å². The summed E-state index contributed by atoms with van der Waals surface area (Å²) in [5.41, 5.74) is 0.416. The van der Waals surface area contributed by atoms with E-state index in [-0.39, 0.29) is 0 Å². The molecule has 0 unspecified atom stereocenters. The topological polar surface area (TPSA) is 64.8 Å². The Morgan fingerprint density at radius 3 is 3.00 bits per heavy atom. The van der Waals surface area contributed by atoms with E-state index in [1.807, 2.05) is 0 Å². The molecule has 0 aliphatic carbocycles. The molecule has 2 heterocycles. The van der Waals surface area contributed by atoms with Gasteiger partial charge in [-0.05, 0) is 13.0 Å². The van der Waals surface area contributed by atoms with E-state index in [0.717, 1.165) is 32.6 Å². The molecule has 5 nitrogen and oxygen atoms in total. The van der Waals surface area contributed by atoms with E-state index in [4.69, 9.17) is 5.26 Å². The molecule has 78 valence electrons. The lowest BCUT2D eigenvalue weighted by molar-refractivity contribution is 0.724. The molecule has 1 aliphatic heterocycles. The third-order valence-corrected chi connectivity index (χ3v) is 2.42. The van der Waals surface area contributed by atoms with E-state index in [0.29, 0.717) is 11.5 Å². The predicted octanol–water partition coefficient (Wildman–Crippen LogP) is 0.148. The molecule has 0 spiro atoms. The van der Waals surface area contributed by atoms with Gasteiger partial charge in [0, 0.05) is 32.0 Å². The Morgan fingerprint density at radius 2 is 2.13 bits per heavy atom. The zero-order chi connectivity index (χ0) is 10.5. The van der Waals surface area contributed by atoms with Gasteiger partial charge in [0.1, 0.15) is 6.07 Å². The van der Waals surface area contributed by atoms with Gasteiger partial charge < -0.3 is 10.2 Å². The number of nitrogens with one attached hydrogen (secondary N) is 1. The molecule has 2 rings (SSSR count). The Kier molecular flexibility index (Phi) is 3.10. The van der Waals surface area contributed by atoms with Crippen molar-refractivity contribution in [3.05, 3.63) is 18.1 Å². The van der Waals surface area contributed by atoms with Gasteiger partial charge in [0.05, 0.1) is 0 Å². The zero-order valence-corrected chi connectivity index (χ0v) is 8.48. The third-order valence-electron chi connectivity index (χ3n) is 2.42. The van der Waals surface area contributed by atoms with Crippen LogP contribution >= 0.6 is 0 Å². The van der Waals surface area contributed by atoms with Gasteiger partial charge in [0.15, 0.2) is 11.5 Å². The van der Waals surface area contributed by atoms with E-state index in [2.05, 4.69) is 26.3 Å². The fourth-order valence-electron chi connectivity index (χ4n) is 1.70. The maximum atomic E-state index is 8.92. The van der Waals surface area contributed by atoms with Crippen LogP contribution in [0.3, 0.4) is 0 Å². The van der Waals surface area contributed by atoms with Crippen molar-refractivity contribution in [3.63, 3.8) is 0 Å². The summed E-state index contributed by atoms with van der Waals surface area (Å²) < 4.78 is 0. The van der Waals surface area contributed by atoms with Crippen LogP contribution in [0.15, 0.2) is 12.4 Å². The van der Waals surface area contributed by atoms with Crippen molar-refractivity contribution >= 4 is 5.82 Å². The first kappa shape index (κ1) is 9.87. The summed E-state index contributed by atoms with van der Waals surface area (Å²) in [4.78, 5) is 10.4. The van der Waals surface area contributed by atoms with Gasteiger partial charge in [-0.3, -0.25) is 0 Å². The van der Waals surface area contributed by atoms with Crippen LogP contribution in [0, 0.1) is 11.3 Å². The molecule has 5 heteroatoms. The Labute approximate surface area is 88.8 Å². The normalized spacial score (nSPS) is 16.9. The van der Waals surface area contributed by atoms with Gasteiger partial charge >= 0.3 is 0 Å². The number of nitrogens with zero attached hydrogens (tertiary/aromatic N) is 4. The molecule has 1 aromatic rings.